The first-order chi connectivity index (χ1) is 14.7. The number of hydrogen-bond acceptors (Lipinski definition) is 5. The first kappa shape index (κ1) is 23.1. The highest BCUT2D eigenvalue weighted by Gasteiger charge is 2.48. The average molecular weight is 453 g/mol. The van der Waals surface area contributed by atoms with E-state index in [1.54, 1.807) is 12.1 Å². The maximum atomic E-state index is 13.6. The summed E-state index contributed by atoms with van der Waals surface area (Å²) in [5.74, 6) is -0.728. The normalized spacial score (nSPS) is 19.5. The summed E-state index contributed by atoms with van der Waals surface area (Å²) in [5.41, 5.74) is 0.569. The number of amides is 2. The lowest BCUT2D eigenvalue weighted by Crippen LogP contribution is -2.59. The minimum absolute atomic E-state index is 0.107. The quantitative estimate of drug-likeness (QED) is 0.658. The van der Waals surface area contributed by atoms with Gasteiger partial charge < -0.3 is 15.5 Å². The topological polar surface area (TPSA) is 74.3 Å². The number of pyridine rings is 1. The Bertz CT molecular complexity index is 1030. The van der Waals surface area contributed by atoms with Crippen LogP contribution in [0.5, 0.6) is 0 Å². The molecule has 0 bridgehead atoms. The van der Waals surface area contributed by atoms with Crippen LogP contribution < -0.4 is 10.6 Å². The van der Waals surface area contributed by atoms with Crippen molar-refractivity contribution in [2.24, 2.45) is 0 Å². The SMILES string of the molecule is CCSc1cc2ccccc2nc1C(=O)NC1=CC(C(F)(F)F)N(CC)C(=O)C1NC. The molecule has 0 saturated carbocycles. The molecule has 2 N–H and O–H groups in total. The van der Waals surface area contributed by atoms with Crippen LogP contribution >= 0.6 is 11.8 Å². The monoisotopic (exact) mass is 452 g/mol. The van der Waals surface area contributed by atoms with E-state index in [1.165, 1.54) is 25.7 Å². The summed E-state index contributed by atoms with van der Waals surface area (Å²) in [4.78, 5) is 31.5. The van der Waals surface area contributed by atoms with Gasteiger partial charge in [0.05, 0.1) is 5.52 Å². The minimum Gasteiger partial charge on any atom is -0.326 e. The number of aromatic nitrogens is 1. The summed E-state index contributed by atoms with van der Waals surface area (Å²) in [5, 5.41) is 6.06. The van der Waals surface area contributed by atoms with Gasteiger partial charge in [-0.15, -0.1) is 11.8 Å². The zero-order chi connectivity index (χ0) is 22.8. The highest BCUT2D eigenvalue weighted by atomic mass is 32.2. The molecule has 1 aromatic heterocycles. The van der Waals surface area contributed by atoms with Gasteiger partial charge in [-0.1, -0.05) is 25.1 Å². The van der Waals surface area contributed by atoms with E-state index in [-0.39, 0.29) is 17.9 Å². The molecule has 6 nitrogen and oxygen atoms in total. The van der Waals surface area contributed by atoms with Crippen LogP contribution in [-0.2, 0) is 4.79 Å². The largest absolute Gasteiger partial charge is 0.412 e. The van der Waals surface area contributed by atoms with Gasteiger partial charge in [-0.25, -0.2) is 4.98 Å². The summed E-state index contributed by atoms with van der Waals surface area (Å²) < 4.78 is 40.7. The molecular formula is C21H23F3N4O2S. The maximum absolute atomic E-state index is 13.6. The van der Waals surface area contributed by atoms with Gasteiger partial charge in [0.2, 0.25) is 5.91 Å². The van der Waals surface area contributed by atoms with E-state index in [2.05, 4.69) is 15.6 Å². The Morgan fingerprint density at radius 3 is 2.58 bits per heavy atom. The molecule has 2 atom stereocenters. The number of thioether (sulfide) groups is 1. The van der Waals surface area contributed by atoms with Gasteiger partial charge in [0.25, 0.3) is 5.91 Å². The van der Waals surface area contributed by atoms with Crippen molar-refractivity contribution in [3.63, 3.8) is 0 Å². The summed E-state index contributed by atoms with van der Waals surface area (Å²) in [7, 11) is 1.46. The molecule has 2 amide bonds. The van der Waals surface area contributed by atoms with E-state index in [0.717, 1.165) is 16.4 Å². The summed E-state index contributed by atoms with van der Waals surface area (Å²) in [6.07, 6.45) is -3.78. The molecule has 2 aromatic rings. The van der Waals surface area contributed by atoms with Gasteiger partial charge in [0.1, 0.15) is 17.8 Å². The standard InChI is InChI=1S/C21H23F3N4O2S/c1-4-28-16(21(22,23)24)11-14(17(25-3)20(28)30)27-19(29)18-15(31-5-2)10-12-8-6-7-9-13(12)26-18/h6-11,16-17,25H,4-5H2,1-3H3,(H,27,29). The molecule has 2 heterocycles. The van der Waals surface area contributed by atoms with Crippen LogP contribution in [0.15, 0.2) is 47.0 Å². The first-order valence-electron chi connectivity index (χ1n) is 9.81. The van der Waals surface area contributed by atoms with Crippen molar-refractivity contribution in [1.29, 1.82) is 0 Å². The number of para-hydroxylation sites is 1. The molecule has 0 aliphatic carbocycles. The van der Waals surface area contributed by atoms with Gasteiger partial charge in [-0.3, -0.25) is 9.59 Å². The number of fused-ring (bicyclic) bond motifs is 1. The molecule has 2 unspecified atom stereocenters. The van der Waals surface area contributed by atoms with Crippen molar-refractivity contribution in [3.8, 4) is 0 Å². The molecule has 166 valence electrons. The maximum Gasteiger partial charge on any atom is 0.412 e. The van der Waals surface area contributed by atoms with E-state index in [0.29, 0.717) is 16.2 Å². The lowest BCUT2D eigenvalue weighted by molar-refractivity contribution is -0.181. The average Bonchev–Trinajstić information content (AvgIpc) is 2.72. The second-order valence-corrected chi connectivity index (χ2v) is 8.18. The Labute approximate surface area is 182 Å². The van der Waals surface area contributed by atoms with Crippen molar-refractivity contribution in [1.82, 2.24) is 20.5 Å². The molecule has 31 heavy (non-hydrogen) atoms. The van der Waals surface area contributed by atoms with Gasteiger partial charge in [0, 0.05) is 22.5 Å². The predicted molar refractivity (Wildman–Crippen MR) is 114 cm³/mol. The molecular weight excluding hydrogens is 429 g/mol. The summed E-state index contributed by atoms with van der Waals surface area (Å²) in [6.45, 7) is 3.30. The fraction of sp³-hybridized carbons (Fsp3) is 0.381. The molecule has 1 aliphatic rings. The lowest BCUT2D eigenvalue weighted by Gasteiger charge is -2.38. The number of halogens is 3. The van der Waals surface area contributed by atoms with Crippen molar-refractivity contribution in [3.05, 3.63) is 47.8 Å². The second kappa shape index (κ2) is 9.27. The van der Waals surface area contributed by atoms with Crippen LogP contribution in [-0.4, -0.2) is 59.3 Å². The Morgan fingerprint density at radius 1 is 1.26 bits per heavy atom. The molecule has 1 aromatic carbocycles. The van der Waals surface area contributed by atoms with Crippen LogP contribution in [0.1, 0.15) is 24.3 Å². The third-order valence-electron chi connectivity index (χ3n) is 4.94. The van der Waals surface area contributed by atoms with Crippen LogP contribution in [0.2, 0.25) is 0 Å². The minimum atomic E-state index is -4.66. The predicted octanol–water partition coefficient (Wildman–Crippen LogP) is 3.34. The summed E-state index contributed by atoms with van der Waals surface area (Å²) >= 11 is 1.41. The van der Waals surface area contributed by atoms with Gasteiger partial charge in [-0.2, -0.15) is 13.2 Å². The van der Waals surface area contributed by atoms with Crippen LogP contribution in [0.4, 0.5) is 13.2 Å². The van der Waals surface area contributed by atoms with E-state index < -0.39 is 30.1 Å². The molecule has 0 fully saturated rings. The number of alkyl halides is 3. The highest BCUT2D eigenvalue weighted by molar-refractivity contribution is 7.99. The number of rotatable bonds is 6. The number of carbonyl (C=O) groups excluding carboxylic acids is 2. The molecule has 3 rings (SSSR count). The van der Waals surface area contributed by atoms with E-state index in [1.807, 2.05) is 25.1 Å². The van der Waals surface area contributed by atoms with E-state index in [4.69, 9.17) is 0 Å². The molecule has 0 spiro atoms. The van der Waals surface area contributed by atoms with Crippen LogP contribution in [0, 0.1) is 0 Å². The Balaban J connectivity index is 2.01. The molecule has 10 heteroatoms. The van der Waals surface area contributed by atoms with Gasteiger partial charge in [0.15, 0.2) is 0 Å². The zero-order valence-corrected chi connectivity index (χ0v) is 18.1. The number of benzene rings is 1. The molecule has 0 saturated heterocycles. The van der Waals surface area contributed by atoms with Crippen molar-refractivity contribution in [2.45, 2.75) is 37.0 Å². The van der Waals surface area contributed by atoms with Gasteiger partial charge in [-0.05, 0) is 37.9 Å². The first-order valence-corrected chi connectivity index (χ1v) is 10.8. The van der Waals surface area contributed by atoms with Crippen molar-refractivity contribution in [2.75, 3.05) is 19.3 Å². The Hall–Kier alpha value is -2.59. The van der Waals surface area contributed by atoms with Crippen molar-refractivity contribution < 1.29 is 22.8 Å². The highest BCUT2D eigenvalue weighted by Crippen LogP contribution is 2.31. The fourth-order valence-electron chi connectivity index (χ4n) is 3.52. The Morgan fingerprint density at radius 2 is 1.97 bits per heavy atom. The fourth-order valence-corrected chi connectivity index (χ4v) is 4.32. The van der Waals surface area contributed by atoms with Crippen LogP contribution in [0.3, 0.4) is 0 Å². The third-order valence-corrected chi connectivity index (χ3v) is 5.85. The molecule has 0 radical (unpaired) electrons. The molecule has 1 aliphatic heterocycles. The lowest BCUT2D eigenvalue weighted by atomic mass is 10.0. The van der Waals surface area contributed by atoms with Crippen molar-refractivity contribution >= 4 is 34.5 Å². The number of hydrogen-bond donors (Lipinski definition) is 2. The van der Waals surface area contributed by atoms with Gasteiger partial charge >= 0.3 is 6.18 Å². The number of nitrogens with one attached hydrogen (secondary N) is 2. The Kier molecular flexibility index (Phi) is 6.90. The van der Waals surface area contributed by atoms with Crippen LogP contribution in [0.25, 0.3) is 10.9 Å². The second-order valence-electron chi connectivity index (χ2n) is 6.87. The number of likely N-dealkylation sites (N-methyl/N-ethyl adjacent to an activating group) is 2. The third kappa shape index (κ3) is 4.69. The summed E-state index contributed by atoms with van der Waals surface area (Å²) in [6, 6.07) is 5.90. The number of nitrogens with zero attached hydrogens (tertiary/aromatic N) is 2. The number of carbonyl (C=O) groups is 2. The van der Waals surface area contributed by atoms with E-state index >= 15 is 0 Å². The van der Waals surface area contributed by atoms with E-state index in [9.17, 15) is 22.8 Å². The zero-order valence-electron chi connectivity index (χ0n) is 17.3. The smallest absolute Gasteiger partial charge is 0.326 e.